The van der Waals surface area contributed by atoms with Gasteiger partial charge in [-0.25, -0.2) is 0 Å². The lowest BCUT2D eigenvalue weighted by atomic mass is 9.98. The molecule has 16 heavy (non-hydrogen) atoms. The van der Waals surface area contributed by atoms with Crippen molar-refractivity contribution >= 4 is 0 Å². The minimum atomic E-state index is 0.859. The van der Waals surface area contributed by atoms with Gasteiger partial charge in [0.15, 0.2) is 0 Å². The molecule has 0 aliphatic rings. The Kier molecular flexibility index (Phi) is 12.2. The summed E-state index contributed by atoms with van der Waals surface area (Å²) in [4.78, 5) is 0. The van der Waals surface area contributed by atoms with Crippen molar-refractivity contribution in [2.24, 2.45) is 5.92 Å². The molecule has 0 unspecified atom stereocenters. The molecule has 0 bridgehead atoms. The minimum absolute atomic E-state index is 0.859. The molecule has 0 saturated heterocycles. The summed E-state index contributed by atoms with van der Waals surface area (Å²) in [5.41, 5.74) is 0. The maximum Gasteiger partial charge on any atom is 0.00911 e. The number of rotatable bonds is 10. The Bertz CT molecular complexity index is 187. The Labute approximate surface area is 102 Å². The summed E-state index contributed by atoms with van der Waals surface area (Å²) < 4.78 is 0. The van der Waals surface area contributed by atoms with Crippen LogP contribution in [0.25, 0.3) is 0 Å². The SMILES string of the molecule is CC#CCC[C@@H](C)CCCCCCCNC. The van der Waals surface area contributed by atoms with Gasteiger partial charge in [0.2, 0.25) is 0 Å². The Balaban J connectivity index is 3.13. The van der Waals surface area contributed by atoms with E-state index in [2.05, 4.69) is 24.1 Å². The molecule has 0 amide bonds. The van der Waals surface area contributed by atoms with Crippen molar-refractivity contribution in [3.63, 3.8) is 0 Å². The van der Waals surface area contributed by atoms with Gasteiger partial charge in [0.05, 0.1) is 0 Å². The fourth-order valence-electron chi connectivity index (χ4n) is 1.91. The van der Waals surface area contributed by atoms with Gasteiger partial charge in [0.1, 0.15) is 0 Å². The van der Waals surface area contributed by atoms with Crippen molar-refractivity contribution < 1.29 is 0 Å². The second-order valence-corrected chi connectivity index (χ2v) is 4.73. The van der Waals surface area contributed by atoms with Gasteiger partial charge in [-0.05, 0) is 39.3 Å². The molecular weight excluding hydrogens is 194 g/mol. The topological polar surface area (TPSA) is 12.0 Å². The predicted molar refractivity (Wildman–Crippen MR) is 73.5 cm³/mol. The predicted octanol–water partition coefficient (Wildman–Crippen LogP) is 3.99. The van der Waals surface area contributed by atoms with Crippen molar-refractivity contribution in [2.45, 2.75) is 65.2 Å². The molecule has 0 radical (unpaired) electrons. The Morgan fingerprint density at radius 2 is 1.69 bits per heavy atom. The fourth-order valence-corrected chi connectivity index (χ4v) is 1.91. The van der Waals surface area contributed by atoms with Crippen LogP contribution in [0.4, 0.5) is 0 Å². The summed E-state index contributed by atoms with van der Waals surface area (Å²) in [6.07, 6.45) is 10.7. The van der Waals surface area contributed by atoms with Gasteiger partial charge in [-0.15, -0.1) is 11.8 Å². The zero-order chi connectivity index (χ0) is 12.1. The average Bonchev–Trinajstić information content (AvgIpc) is 2.28. The zero-order valence-corrected chi connectivity index (χ0v) is 11.4. The van der Waals surface area contributed by atoms with Crippen LogP contribution >= 0.6 is 0 Å². The highest BCUT2D eigenvalue weighted by Gasteiger charge is 2.00. The molecule has 0 saturated carbocycles. The molecule has 1 N–H and O–H groups in total. The minimum Gasteiger partial charge on any atom is -0.320 e. The smallest absolute Gasteiger partial charge is 0.00911 e. The molecule has 1 atom stereocenters. The first-order valence-electron chi connectivity index (χ1n) is 6.85. The first-order valence-corrected chi connectivity index (χ1v) is 6.85. The third-order valence-electron chi connectivity index (χ3n) is 3.06. The Morgan fingerprint density at radius 1 is 1.00 bits per heavy atom. The summed E-state index contributed by atoms with van der Waals surface area (Å²) in [5.74, 6) is 6.97. The van der Waals surface area contributed by atoms with Crippen LogP contribution in [0.15, 0.2) is 0 Å². The molecule has 0 rings (SSSR count). The second-order valence-electron chi connectivity index (χ2n) is 4.73. The van der Waals surface area contributed by atoms with Gasteiger partial charge in [-0.1, -0.05) is 39.0 Å². The average molecular weight is 223 g/mol. The van der Waals surface area contributed by atoms with E-state index in [0.717, 1.165) is 12.3 Å². The van der Waals surface area contributed by atoms with Gasteiger partial charge in [0.25, 0.3) is 0 Å². The maximum absolute atomic E-state index is 3.19. The molecule has 0 aromatic carbocycles. The number of unbranched alkanes of at least 4 members (excludes halogenated alkanes) is 4. The number of hydrogen-bond acceptors (Lipinski definition) is 1. The van der Waals surface area contributed by atoms with Crippen LogP contribution in [0, 0.1) is 17.8 Å². The van der Waals surface area contributed by atoms with Gasteiger partial charge in [-0.3, -0.25) is 0 Å². The van der Waals surface area contributed by atoms with E-state index in [1.165, 1.54) is 51.5 Å². The van der Waals surface area contributed by atoms with Crippen molar-refractivity contribution in [1.82, 2.24) is 5.32 Å². The van der Waals surface area contributed by atoms with Gasteiger partial charge >= 0.3 is 0 Å². The van der Waals surface area contributed by atoms with E-state index >= 15 is 0 Å². The van der Waals surface area contributed by atoms with E-state index < -0.39 is 0 Å². The highest BCUT2D eigenvalue weighted by atomic mass is 14.8. The van der Waals surface area contributed by atoms with Crippen LogP contribution < -0.4 is 5.32 Å². The molecule has 0 aliphatic carbocycles. The molecule has 0 heterocycles. The Morgan fingerprint density at radius 3 is 2.38 bits per heavy atom. The lowest BCUT2D eigenvalue weighted by Crippen LogP contribution is -2.06. The monoisotopic (exact) mass is 223 g/mol. The van der Waals surface area contributed by atoms with E-state index in [0.29, 0.717) is 0 Å². The lowest BCUT2D eigenvalue weighted by Gasteiger charge is -2.08. The Hall–Kier alpha value is -0.480. The quantitative estimate of drug-likeness (QED) is 0.436. The van der Waals surface area contributed by atoms with Crippen molar-refractivity contribution in [3.05, 3.63) is 0 Å². The maximum atomic E-state index is 3.19. The lowest BCUT2D eigenvalue weighted by molar-refractivity contribution is 0.461. The molecule has 94 valence electrons. The second kappa shape index (κ2) is 12.6. The molecule has 1 nitrogen and oxygen atoms in total. The summed E-state index contributed by atoms with van der Waals surface area (Å²) in [7, 11) is 2.03. The summed E-state index contributed by atoms with van der Waals surface area (Å²) in [6, 6.07) is 0. The highest BCUT2D eigenvalue weighted by Crippen LogP contribution is 2.15. The summed E-state index contributed by atoms with van der Waals surface area (Å²) >= 11 is 0. The fraction of sp³-hybridized carbons (Fsp3) is 0.867. The van der Waals surface area contributed by atoms with Crippen molar-refractivity contribution in [3.8, 4) is 11.8 Å². The summed E-state index contributed by atoms with van der Waals surface area (Å²) in [6.45, 7) is 5.46. The van der Waals surface area contributed by atoms with Crippen LogP contribution in [0.1, 0.15) is 65.2 Å². The normalized spacial score (nSPS) is 11.9. The third-order valence-corrected chi connectivity index (χ3v) is 3.06. The largest absolute Gasteiger partial charge is 0.320 e. The number of hydrogen-bond donors (Lipinski definition) is 1. The molecule has 0 fully saturated rings. The molecule has 0 aromatic heterocycles. The number of nitrogens with one attached hydrogen (secondary N) is 1. The summed E-state index contributed by atoms with van der Waals surface area (Å²) in [5, 5.41) is 3.19. The van der Waals surface area contributed by atoms with Crippen LogP contribution in [0.3, 0.4) is 0 Å². The third kappa shape index (κ3) is 11.6. The van der Waals surface area contributed by atoms with Crippen LogP contribution in [-0.2, 0) is 0 Å². The molecule has 0 aromatic rings. The van der Waals surface area contributed by atoms with Crippen LogP contribution in [0.2, 0.25) is 0 Å². The van der Waals surface area contributed by atoms with Gasteiger partial charge < -0.3 is 5.32 Å². The van der Waals surface area contributed by atoms with Crippen LogP contribution in [0.5, 0.6) is 0 Å². The van der Waals surface area contributed by atoms with E-state index in [1.807, 2.05) is 14.0 Å². The molecule has 0 aliphatic heterocycles. The zero-order valence-electron chi connectivity index (χ0n) is 11.4. The van der Waals surface area contributed by atoms with E-state index in [4.69, 9.17) is 0 Å². The van der Waals surface area contributed by atoms with Crippen molar-refractivity contribution in [2.75, 3.05) is 13.6 Å². The molecular formula is C15H29N. The highest BCUT2D eigenvalue weighted by molar-refractivity contribution is 4.94. The van der Waals surface area contributed by atoms with Crippen molar-refractivity contribution in [1.29, 1.82) is 0 Å². The van der Waals surface area contributed by atoms with Gasteiger partial charge in [-0.2, -0.15) is 0 Å². The first-order chi connectivity index (χ1) is 7.81. The molecule has 0 spiro atoms. The molecule has 1 heteroatoms. The van der Waals surface area contributed by atoms with Gasteiger partial charge in [0, 0.05) is 6.42 Å². The standard InChI is InChI=1S/C15H29N/c1-4-5-9-12-15(2)13-10-7-6-8-11-14-16-3/h15-16H,6-14H2,1-3H3/t15-/m1/s1. The van der Waals surface area contributed by atoms with Crippen LogP contribution in [-0.4, -0.2) is 13.6 Å². The first kappa shape index (κ1) is 15.5. The van der Waals surface area contributed by atoms with E-state index in [1.54, 1.807) is 0 Å². The van der Waals surface area contributed by atoms with E-state index in [9.17, 15) is 0 Å². The van der Waals surface area contributed by atoms with E-state index in [-0.39, 0.29) is 0 Å².